The lowest BCUT2D eigenvalue weighted by molar-refractivity contribution is -0.144. The summed E-state index contributed by atoms with van der Waals surface area (Å²) in [4.78, 5) is 33.4. The van der Waals surface area contributed by atoms with Gasteiger partial charge < -0.3 is 19.6 Å². The molecular weight excluding hydrogens is 370 g/mol. The summed E-state index contributed by atoms with van der Waals surface area (Å²) in [6.45, 7) is 6.08. The number of anilines is 1. The molecule has 1 unspecified atom stereocenters. The number of likely N-dealkylation sites (tertiary alicyclic amines) is 1. The molecule has 1 atom stereocenters. The molecule has 0 aliphatic carbocycles. The van der Waals surface area contributed by atoms with Gasteiger partial charge in [-0.25, -0.2) is 4.79 Å². The number of hydrogen-bond donors (Lipinski definition) is 1. The van der Waals surface area contributed by atoms with E-state index < -0.39 is 11.5 Å². The molecule has 2 aliphatic heterocycles. The van der Waals surface area contributed by atoms with Gasteiger partial charge in [-0.15, -0.1) is 0 Å². The molecule has 4 rings (SSSR count). The summed E-state index contributed by atoms with van der Waals surface area (Å²) in [5.41, 5.74) is 0.814. The van der Waals surface area contributed by atoms with E-state index in [1.54, 1.807) is 47.2 Å². The molecule has 7 heteroatoms. The van der Waals surface area contributed by atoms with Crippen molar-refractivity contribution in [2.45, 2.75) is 25.8 Å². The van der Waals surface area contributed by atoms with Gasteiger partial charge in [-0.05, 0) is 44.0 Å². The van der Waals surface area contributed by atoms with Gasteiger partial charge in [0, 0.05) is 31.0 Å². The maximum absolute atomic E-state index is 13.4. The van der Waals surface area contributed by atoms with Crippen LogP contribution in [0, 0.1) is 5.41 Å². The Bertz CT molecular complexity index is 952. The molecule has 0 saturated carbocycles. The number of carbonyl (C=O) groups excluding carboxylic acids is 2. The van der Waals surface area contributed by atoms with Crippen LogP contribution >= 0.6 is 0 Å². The Labute approximate surface area is 169 Å². The van der Waals surface area contributed by atoms with E-state index in [-0.39, 0.29) is 17.7 Å². The quantitative estimate of drug-likeness (QED) is 0.636. The summed E-state index contributed by atoms with van der Waals surface area (Å²) in [5, 5.41) is 9.88. The topological polar surface area (TPSA) is 83.0 Å². The van der Waals surface area contributed by atoms with Crippen LogP contribution in [-0.2, 0) is 9.53 Å². The van der Waals surface area contributed by atoms with Gasteiger partial charge in [0.1, 0.15) is 5.75 Å². The van der Waals surface area contributed by atoms with Crippen LogP contribution in [0.15, 0.2) is 61.0 Å². The lowest BCUT2D eigenvalue weighted by Crippen LogP contribution is -2.67. The molecule has 2 amide bonds. The first-order valence-corrected chi connectivity index (χ1v) is 9.58. The maximum atomic E-state index is 13.4. The molecule has 29 heavy (non-hydrogen) atoms. The number of aromatic nitrogens is 1. The molecule has 3 heterocycles. The van der Waals surface area contributed by atoms with Crippen molar-refractivity contribution >= 4 is 17.7 Å². The van der Waals surface area contributed by atoms with Crippen LogP contribution in [-0.4, -0.2) is 40.1 Å². The van der Waals surface area contributed by atoms with E-state index >= 15 is 0 Å². The summed E-state index contributed by atoms with van der Waals surface area (Å²) in [7, 11) is 0. The number of phenols is 1. The smallest absolute Gasteiger partial charge is 0.414 e. The summed E-state index contributed by atoms with van der Waals surface area (Å²) in [5.74, 6) is 0.441. The molecule has 2 fully saturated rings. The molecule has 2 aliphatic rings. The van der Waals surface area contributed by atoms with Crippen molar-refractivity contribution in [2.75, 3.05) is 18.0 Å². The van der Waals surface area contributed by atoms with Crippen LogP contribution in [0.25, 0.3) is 0 Å². The number of benzene rings is 1. The lowest BCUT2D eigenvalue weighted by atomic mass is 9.63. The lowest BCUT2D eigenvalue weighted by Gasteiger charge is -2.58. The number of piperidine rings is 1. The minimum Gasteiger partial charge on any atom is -0.508 e. The fourth-order valence-electron chi connectivity index (χ4n) is 4.31. The highest BCUT2D eigenvalue weighted by Gasteiger charge is 2.62. The maximum Gasteiger partial charge on any atom is 0.414 e. The van der Waals surface area contributed by atoms with Crippen molar-refractivity contribution in [2.24, 2.45) is 5.41 Å². The van der Waals surface area contributed by atoms with E-state index in [9.17, 15) is 14.7 Å². The minimum absolute atomic E-state index is 0.00771. The zero-order chi connectivity index (χ0) is 20.6. The van der Waals surface area contributed by atoms with Gasteiger partial charge in [-0.2, -0.15) is 0 Å². The Morgan fingerprint density at radius 2 is 2.00 bits per heavy atom. The average molecular weight is 393 g/mol. The normalized spacial score (nSPS) is 20.3. The third-order valence-corrected chi connectivity index (χ3v) is 5.68. The monoisotopic (exact) mass is 393 g/mol. The van der Waals surface area contributed by atoms with Crippen molar-refractivity contribution in [3.63, 3.8) is 0 Å². The van der Waals surface area contributed by atoms with Gasteiger partial charge in [0.05, 0.1) is 22.9 Å². The van der Waals surface area contributed by atoms with Crippen LogP contribution in [0.3, 0.4) is 0 Å². The van der Waals surface area contributed by atoms with Crippen LogP contribution in [0.4, 0.5) is 10.5 Å². The third kappa shape index (κ3) is 3.22. The number of pyridine rings is 1. The van der Waals surface area contributed by atoms with Crippen LogP contribution in [0.2, 0.25) is 0 Å². The highest BCUT2D eigenvalue weighted by Crippen LogP contribution is 2.57. The molecule has 150 valence electrons. The number of β-lactam (4-membered cyclic amide) rings is 1. The van der Waals surface area contributed by atoms with Crippen LogP contribution < -0.4 is 4.90 Å². The largest absolute Gasteiger partial charge is 0.508 e. The van der Waals surface area contributed by atoms with Crippen molar-refractivity contribution in [3.8, 4) is 5.75 Å². The number of rotatable bonds is 3. The van der Waals surface area contributed by atoms with E-state index in [1.807, 2.05) is 18.2 Å². The highest BCUT2D eigenvalue weighted by molar-refractivity contribution is 6.06. The summed E-state index contributed by atoms with van der Waals surface area (Å²) >= 11 is 0. The molecular formula is C22H23N3O4. The van der Waals surface area contributed by atoms with Crippen molar-refractivity contribution in [1.29, 1.82) is 0 Å². The molecule has 2 saturated heterocycles. The van der Waals surface area contributed by atoms with Crippen molar-refractivity contribution in [3.05, 3.63) is 66.7 Å². The fraction of sp³-hybridized carbons (Fsp3) is 0.318. The summed E-state index contributed by atoms with van der Waals surface area (Å²) < 4.78 is 5.11. The molecule has 1 aromatic carbocycles. The number of allylic oxidation sites excluding steroid dienone is 1. The molecule has 1 spiro atoms. The molecule has 1 N–H and O–H groups in total. The highest BCUT2D eigenvalue weighted by atomic mass is 16.6. The molecule has 0 bridgehead atoms. The second kappa shape index (κ2) is 7.24. The van der Waals surface area contributed by atoms with Crippen molar-refractivity contribution < 1.29 is 19.4 Å². The predicted octanol–water partition coefficient (Wildman–Crippen LogP) is 3.63. The number of nitrogens with zero attached hydrogens (tertiary/aromatic N) is 3. The van der Waals surface area contributed by atoms with Gasteiger partial charge in [0.25, 0.3) is 0 Å². The molecule has 7 nitrogen and oxygen atoms in total. The van der Waals surface area contributed by atoms with E-state index in [0.717, 1.165) is 5.69 Å². The number of amides is 2. The Kier molecular flexibility index (Phi) is 4.74. The standard InChI is InChI=1S/C22H23N3O4/c1-15(2)29-21(28)24-12-9-22(10-13-24)19(18-8-3-4-11-23-18)25(20(22)27)16-6-5-7-17(26)14-16/h3-8,11,14,19,26H,1,9-10,12-13H2,2H3. The van der Waals surface area contributed by atoms with E-state index in [0.29, 0.717) is 37.4 Å². The van der Waals surface area contributed by atoms with Gasteiger partial charge in [0.15, 0.2) is 0 Å². The zero-order valence-corrected chi connectivity index (χ0v) is 16.2. The Morgan fingerprint density at radius 1 is 1.24 bits per heavy atom. The molecule has 1 aromatic heterocycles. The van der Waals surface area contributed by atoms with Crippen LogP contribution in [0.5, 0.6) is 5.75 Å². The van der Waals surface area contributed by atoms with E-state index in [1.165, 1.54) is 0 Å². The first kappa shape index (κ1) is 19.0. The van der Waals surface area contributed by atoms with Crippen LogP contribution in [0.1, 0.15) is 31.5 Å². The Balaban J connectivity index is 1.63. The minimum atomic E-state index is -0.625. The van der Waals surface area contributed by atoms with Gasteiger partial charge in [0.2, 0.25) is 5.91 Å². The second-order valence-corrected chi connectivity index (χ2v) is 7.57. The first-order chi connectivity index (χ1) is 13.9. The second-order valence-electron chi connectivity index (χ2n) is 7.57. The summed E-state index contributed by atoms with van der Waals surface area (Å²) in [6.07, 6.45) is 2.33. The zero-order valence-electron chi connectivity index (χ0n) is 16.2. The van der Waals surface area contributed by atoms with Gasteiger partial charge in [-0.3, -0.25) is 9.78 Å². The average Bonchev–Trinajstić information content (AvgIpc) is 2.71. The first-order valence-electron chi connectivity index (χ1n) is 9.58. The van der Waals surface area contributed by atoms with Crippen molar-refractivity contribution in [1.82, 2.24) is 9.88 Å². The number of phenolic OH excluding ortho intramolecular Hbond substituents is 1. The fourth-order valence-corrected chi connectivity index (χ4v) is 4.31. The number of aromatic hydroxyl groups is 1. The number of hydrogen-bond acceptors (Lipinski definition) is 5. The summed E-state index contributed by atoms with van der Waals surface area (Å²) in [6, 6.07) is 12.1. The predicted molar refractivity (Wildman–Crippen MR) is 107 cm³/mol. The number of ether oxygens (including phenoxy) is 1. The van der Waals surface area contributed by atoms with Gasteiger partial charge in [-0.1, -0.05) is 18.7 Å². The third-order valence-electron chi connectivity index (χ3n) is 5.68. The SMILES string of the molecule is C=C(C)OC(=O)N1CCC2(CC1)C(=O)N(c1cccc(O)c1)C2c1ccccn1. The Hall–Kier alpha value is -3.35. The van der Waals surface area contributed by atoms with E-state index in [4.69, 9.17) is 4.74 Å². The molecule has 0 radical (unpaired) electrons. The van der Waals surface area contributed by atoms with Gasteiger partial charge >= 0.3 is 6.09 Å². The number of carbonyl (C=O) groups is 2. The molecule has 2 aromatic rings. The van der Waals surface area contributed by atoms with E-state index in [2.05, 4.69) is 11.6 Å². The Morgan fingerprint density at radius 3 is 2.62 bits per heavy atom.